The third-order valence-electron chi connectivity index (χ3n) is 1.34. The molecule has 0 aromatic carbocycles. The van der Waals surface area contributed by atoms with Crippen LogP contribution in [0.5, 0.6) is 0 Å². The third-order valence-corrected chi connectivity index (χ3v) is 1.34. The molecule has 0 amide bonds. The minimum absolute atomic E-state index is 0.00375. The molecule has 0 aromatic heterocycles. The number of ether oxygens (including phenoxy) is 2. The van der Waals surface area contributed by atoms with Crippen molar-refractivity contribution >= 4 is 0 Å². The van der Waals surface area contributed by atoms with E-state index in [-0.39, 0.29) is 18.8 Å². The van der Waals surface area contributed by atoms with Gasteiger partial charge in [0.25, 0.3) is 0 Å². The van der Waals surface area contributed by atoms with Crippen molar-refractivity contribution in [3.63, 3.8) is 0 Å². The molecule has 1 saturated heterocycles. The van der Waals surface area contributed by atoms with Crippen LogP contribution in [0, 0.1) is 0 Å². The minimum Gasteiger partial charge on any atom is -0.393 e. The van der Waals surface area contributed by atoms with Gasteiger partial charge in [0, 0.05) is 0 Å². The van der Waals surface area contributed by atoms with Crippen LogP contribution in [-0.4, -0.2) is 37.1 Å². The van der Waals surface area contributed by atoms with Crippen molar-refractivity contribution in [2.24, 2.45) is 0 Å². The first-order valence-corrected chi connectivity index (χ1v) is 3.33. The first kappa shape index (κ1) is 7.72. The van der Waals surface area contributed by atoms with Gasteiger partial charge in [-0.25, -0.2) is 0 Å². The van der Waals surface area contributed by atoms with Crippen molar-refractivity contribution in [1.82, 2.24) is 0 Å². The first-order valence-electron chi connectivity index (χ1n) is 3.33. The lowest BCUT2D eigenvalue weighted by Gasteiger charge is -2.08. The molecule has 58 valence electrons. The molecule has 2 atom stereocenters. The quantitative estimate of drug-likeness (QED) is 0.434. The topological polar surface area (TPSA) is 42.0 Å². The highest BCUT2D eigenvalue weighted by Crippen LogP contribution is 2.09. The van der Waals surface area contributed by atoms with E-state index in [9.17, 15) is 0 Å². The van der Waals surface area contributed by atoms with Crippen molar-refractivity contribution in [3.05, 3.63) is 12.7 Å². The summed E-state index contributed by atoms with van der Waals surface area (Å²) in [5.41, 5.74) is 0. The minimum atomic E-state index is -0.232. The summed E-state index contributed by atoms with van der Waals surface area (Å²) in [4.78, 5) is 0. The Labute approximate surface area is 60.3 Å². The van der Waals surface area contributed by atoms with Gasteiger partial charge in [-0.05, 0) is 0 Å². The fourth-order valence-corrected chi connectivity index (χ4v) is 0.590. The Morgan fingerprint density at radius 3 is 3.00 bits per heavy atom. The number of rotatable bonds is 5. The van der Waals surface area contributed by atoms with Crippen LogP contribution in [-0.2, 0) is 9.47 Å². The van der Waals surface area contributed by atoms with Crippen molar-refractivity contribution in [3.8, 4) is 0 Å². The summed E-state index contributed by atoms with van der Waals surface area (Å²) < 4.78 is 10.1. The molecule has 0 saturated carbocycles. The van der Waals surface area contributed by atoms with E-state index in [0.717, 1.165) is 6.61 Å². The molecule has 3 nitrogen and oxygen atoms in total. The van der Waals surface area contributed by atoms with Crippen molar-refractivity contribution in [1.29, 1.82) is 0 Å². The molecule has 1 fully saturated rings. The van der Waals surface area contributed by atoms with Gasteiger partial charge in [-0.2, -0.15) is 0 Å². The zero-order valence-electron chi connectivity index (χ0n) is 5.82. The number of epoxide rings is 1. The predicted molar refractivity (Wildman–Crippen MR) is 36.8 cm³/mol. The molecule has 1 heterocycles. The van der Waals surface area contributed by atoms with Gasteiger partial charge in [0.15, 0.2) is 0 Å². The van der Waals surface area contributed by atoms with Crippen LogP contribution in [0.3, 0.4) is 0 Å². The zero-order valence-corrected chi connectivity index (χ0v) is 5.82. The summed E-state index contributed by atoms with van der Waals surface area (Å²) >= 11 is 0. The molecule has 3 heteroatoms. The van der Waals surface area contributed by atoms with Crippen LogP contribution in [0.25, 0.3) is 0 Å². The second-order valence-electron chi connectivity index (χ2n) is 2.25. The highest BCUT2D eigenvalue weighted by atomic mass is 16.6. The molecule has 0 spiro atoms. The Morgan fingerprint density at radius 1 is 1.90 bits per heavy atom. The molecular formula is C7H12O3. The molecule has 1 aliphatic rings. The maximum atomic E-state index is 8.62. The Bertz CT molecular complexity index is 109. The fraction of sp³-hybridized carbons (Fsp3) is 0.714. The van der Waals surface area contributed by atoms with Crippen molar-refractivity contribution < 1.29 is 14.6 Å². The van der Waals surface area contributed by atoms with E-state index in [1.807, 2.05) is 0 Å². The van der Waals surface area contributed by atoms with Gasteiger partial charge < -0.3 is 14.6 Å². The van der Waals surface area contributed by atoms with Gasteiger partial charge in [-0.15, -0.1) is 6.58 Å². The molecule has 1 N–H and O–H groups in total. The molecule has 1 rings (SSSR count). The highest BCUT2D eigenvalue weighted by Gasteiger charge is 2.23. The fourth-order valence-electron chi connectivity index (χ4n) is 0.590. The maximum absolute atomic E-state index is 8.62. The van der Waals surface area contributed by atoms with Crippen LogP contribution < -0.4 is 0 Å². The van der Waals surface area contributed by atoms with E-state index in [2.05, 4.69) is 6.58 Å². The number of hydrogen-bond acceptors (Lipinski definition) is 3. The molecule has 1 aliphatic heterocycles. The smallest absolute Gasteiger partial charge is 0.104 e. The van der Waals surface area contributed by atoms with Crippen LogP contribution in [0.2, 0.25) is 0 Å². The number of aliphatic hydroxyl groups is 1. The number of hydrogen-bond donors (Lipinski definition) is 1. The van der Waals surface area contributed by atoms with E-state index in [1.165, 1.54) is 0 Å². The average molecular weight is 144 g/mol. The second-order valence-corrected chi connectivity index (χ2v) is 2.25. The third kappa shape index (κ3) is 2.47. The maximum Gasteiger partial charge on any atom is 0.104 e. The molecule has 0 aliphatic carbocycles. The summed E-state index contributed by atoms with van der Waals surface area (Å²) in [6, 6.07) is 0. The van der Waals surface area contributed by atoms with Gasteiger partial charge in [-0.1, -0.05) is 6.08 Å². The van der Waals surface area contributed by atoms with Gasteiger partial charge in [-0.3, -0.25) is 0 Å². The second kappa shape index (κ2) is 3.71. The van der Waals surface area contributed by atoms with Gasteiger partial charge in [0.2, 0.25) is 0 Å². The summed E-state index contributed by atoms with van der Waals surface area (Å²) in [5, 5.41) is 8.62. The molecule has 0 aromatic rings. The van der Waals surface area contributed by atoms with Crippen molar-refractivity contribution in [2.75, 3.05) is 19.8 Å². The average Bonchev–Trinajstić information content (AvgIpc) is 2.74. The van der Waals surface area contributed by atoms with E-state index >= 15 is 0 Å². The van der Waals surface area contributed by atoms with Crippen molar-refractivity contribution in [2.45, 2.75) is 12.2 Å². The van der Waals surface area contributed by atoms with Gasteiger partial charge >= 0.3 is 0 Å². The van der Waals surface area contributed by atoms with Crippen LogP contribution in [0.1, 0.15) is 0 Å². The number of aliphatic hydroxyl groups excluding tert-OH is 1. The molecule has 2 unspecified atom stereocenters. The summed E-state index contributed by atoms with van der Waals surface area (Å²) in [7, 11) is 0. The molecule has 0 radical (unpaired) electrons. The largest absolute Gasteiger partial charge is 0.393 e. The first-order chi connectivity index (χ1) is 4.86. The Kier molecular flexibility index (Phi) is 2.86. The van der Waals surface area contributed by atoms with E-state index < -0.39 is 0 Å². The molecule has 0 bridgehead atoms. The standard InChI is InChI=1S/C7H12O3/c1-2-6(3-8)9-4-7-5-10-7/h2,6-8H,1,3-5H2. The molecular weight excluding hydrogens is 132 g/mol. The zero-order chi connectivity index (χ0) is 7.40. The Hall–Kier alpha value is -0.380. The van der Waals surface area contributed by atoms with Gasteiger partial charge in [0.05, 0.1) is 25.9 Å². The normalized spacial score (nSPS) is 25.9. The van der Waals surface area contributed by atoms with Crippen LogP contribution in [0.15, 0.2) is 12.7 Å². The monoisotopic (exact) mass is 144 g/mol. The van der Waals surface area contributed by atoms with Crippen LogP contribution >= 0.6 is 0 Å². The van der Waals surface area contributed by atoms with Gasteiger partial charge in [0.1, 0.15) is 6.10 Å². The van der Waals surface area contributed by atoms with E-state index in [1.54, 1.807) is 6.08 Å². The SMILES string of the molecule is C=CC(CO)OCC1CO1. The molecule has 10 heavy (non-hydrogen) atoms. The lowest BCUT2D eigenvalue weighted by atomic mass is 10.4. The Balaban J connectivity index is 2.02. The lowest BCUT2D eigenvalue weighted by molar-refractivity contribution is 0.0346. The predicted octanol–water partition coefficient (Wildman–Crippen LogP) is -0.0513. The lowest BCUT2D eigenvalue weighted by Crippen LogP contribution is -2.17. The van der Waals surface area contributed by atoms with E-state index in [4.69, 9.17) is 14.6 Å². The summed E-state index contributed by atoms with van der Waals surface area (Å²) in [5.74, 6) is 0. The summed E-state index contributed by atoms with van der Waals surface area (Å²) in [6.07, 6.45) is 1.61. The summed E-state index contributed by atoms with van der Waals surface area (Å²) in [6.45, 7) is 4.85. The highest BCUT2D eigenvalue weighted by molar-refractivity contribution is 4.80. The van der Waals surface area contributed by atoms with E-state index in [0.29, 0.717) is 6.61 Å². The Morgan fingerprint density at radius 2 is 2.60 bits per heavy atom. The van der Waals surface area contributed by atoms with Crippen LogP contribution in [0.4, 0.5) is 0 Å².